The average molecular weight is 312 g/mol. The van der Waals surface area contributed by atoms with E-state index in [4.69, 9.17) is 9.47 Å². The molecule has 20 heavy (non-hydrogen) atoms. The summed E-state index contributed by atoms with van der Waals surface area (Å²) < 4.78 is 48.1. The molecule has 7 heteroatoms. The van der Waals surface area contributed by atoms with Gasteiger partial charge in [-0.15, -0.1) is 5.46 Å². The zero-order chi connectivity index (χ0) is 13.7. The molecule has 1 atom stereocenters. The van der Waals surface area contributed by atoms with Gasteiger partial charge in [0.05, 0.1) is 12.7 Å². The molecule has 1 heterocycles. The van der Waals surface area contributed by atoms with E-state index in [9.17, 15) is 12.9 Å². The molecule has 0 amide bonds. The van der Waals surface area contributed by atoms with Crippen LogP contribution in [-0.2, 0) is 4.74 Å². The Bertz CT molecular complexity index is 392. The van der Waals surface area contributed by atoms with Crippen molar-refractivity contribution in [1.29, 1.82) is 0 Å². The molecule has 0 spiro atoms. The topological polar surface area (TPSA) is 18.5 Å². The zero-order valence-electron chi connectivity index (χ0n) is 11.7. The SMILES string of the molecule is F[B-](F)(F)c1ccc(OCCCC2CCCO2)cc1.[K+]. The number of halogens is 3. The summed E-state index contributed by atoms with van der Waals surface area (Å²) in [5.74, 6) is 0.483. The Morgan fingerprint density at radius 1 is 1.20 bits per heavy atom. The summed E-state index contributed by atoms with van der Waals surface area (Å²) >= 11 is 0. The van der Waals surface area contributed by atoms with E-state index in [-0.39, 0.29) is 51.4 Å². The van der Waals surface area contributed by atoms with E-state index >= 15 is 0 Å². The first-order valence-electron chi connectivity index (χ1n) is 6.60. The third kappa shape index (κ3) is 6.07. The first-order valence-corrected chi connectivity index (χ1v) is 6.60. The van der Waals surface area contributed by atoms with Crippen LogP contribution in [0, 0.1) is 0 Å². The molecule has 2 nitrogen and oxygen atoms in total. The van der Waals surface area contributed by atoms with Crippen LogP contribution in [0.25, 0.3) is 0 Å². The van der Waals surface area contributed by atoms with Crippen LogP contribution in [0.3, 0.4) is 0 Å². The second-order valence-electron chi connectivity index (χ2n) is 4.77. The standard InChI is InChI=1S/C13H17BF3O2.K/c15-14(16,17)11-5-7-13(8-6-11)19-10-2-4-12-3-1-9-18-12;/h5-8,12H,1-4,9-10H2;/q-1;+1. The van der Waals surface area contributed by atoms with Gasteiger partial charge in [0.25, 0.3) is 0 Å². The van der Waals surface area contributed by atoms with Crippen molar-refractivity contribution in [3.8, 4) is 5.75 Å². The summed E-state index contributed by atoms with van der Waals surface area (Å²) in [4.78, 5) is 0. The Hall–Kier alpha value is 0.471. The van der Waals surface area contributed by atoms with Crippen LogP contribution >= 0.6 is 0 Å². The Morgan fingerprint density at radius 3 is 2.45 bits per heavy atom. The first-order chi connectivity index (χ1) is 9.05. The molecule has 106 valence electrons. The number of rotatable bonds is 6. The van der Waals surface area contributed by atoms with Gasteiger partial charge in [-0.25, -0.2) is 0 Å². The Morgan fingerprint density at radius 2 is 1.90 bits per heavy atom. The fraction of sp³-hybridized carbons (Fsp3) is 0.538. The molecule has 1 aliphatic rings. The quantitative estimate of drug-likeness (QED) is 0.547. The summed E-state index contributed by atoms with van der Waals surface area (Å²) in [6.45, 7) is -3.57. The van der Waals surface area contributed by atoms with Gasteiger partial charge in [-0.2, -0.15) is 0 Å². The van der Waals surface area contributed by atoms with Gasteiger partial charge in [0, 0.05) is 6.61 Å². The Labute approximate surface area is 159 Å². The van der Waals surface area contributed by atoms with Crippen molar-refractivity contribution in [3.63, 3.8) is 0 Å². The van der Waals surface area contributed by atoms with Crippen molar-refractivity contribution in [3.05, 3.63) is 24.3 Å². The van der Waals surface area contributed by atoms with Crippen molar-refractivity contribution in [2.75, 3.05) is 13.2 Å². The van der Waals surface area contributed by atoms with Gasteiger partial charge in [-0.1, -0.05) is 12.1 Å². The molecule has 1 aromatic rings. The molecule has 0 N–H and O–H groups in total. The average Bonchev–Trinajstić information content (AvgIpc) is 2.87. The molecule has 2 rings (SSSR count). The molecule has 0 radical (unpaired) electrons. The van der Waals surface area contributed by atoms with E-state index in [1.165, 1.54) is 12.1 Å². The molecule has 1 fully saturated rings. The van der Waals surface area contributed by atoms with Gasteiger partial charge in [0.15, 0.2) is 0 Å². The molecule has 1 saturated heterocycles. The smallest absolute Gasteiger partial charge is 0.494 e. The molecular formula is C13H17BF3KO2. The minimum Gasteiger partial charge on any atom is -0.494 e. The number of benzene rings is 1. The van der Waals surface area contributed by atoms with Crippen molar-refractivity contribution < 1.29 is 73.8 Å². The summed E-state index contributed by atoms with van der Waals surface area (Å²) in [5, 5.41) is 0. The van der Waals surface area contributed by atoms with E-state index in [0.717, 1.165) is 44.4 Å². The van der Waals surface area contributed by atoms with Crippen molar-refractivity contribution in [2.24, 2.45) is 0 Å². The number of hydrogen-bond donors (Lipinski definition) is 0. The van der Waals surface area contributed by atoms with Gasteiger partial charge in [-0.05, 0) is 37.8 Å². The normalized spacial score (nSPS) is 18.6. The van der Waals surface area contributed by atoms with Crippen LogP contribution < -0.4 is 61.6 Å². The van der Waals surface area contributed by atoms with Crippen molar-refractivity contribution >= 4 is 12.4 Å². The second kappa shape index (κ2) is 8.80. The summed E-state index contributed by atoms with van der Waals surface area (Å²) in [6, 6.07) is 4.87. The fourth-order valence-electron chi connectivity index (χ4n) is 2.16. The summed E-state index contributed by atoms with van der Waals surface area (Å²) in [7, 11) is 0. The van der Waals surface area contributed by atoms with Crippen LogP contribution in [-0.4, -0.2) is 26.3 Å². The molecule has 1 unspecified atom stereocenters. The molecule has 0 saturated carbocycles. The van der Waals surface area contributed by atoms with Crippen LogP contribution in [0.2, 0.25) is 0 Å². The molecule has 1 aliphatic heterocycles. The van der Waals surface area contributed by atoms with E-state index in [1.807, 2.05) is 0 Å². The second-order valence-corrected chi connectivity index (χ2v) is 4.77. The molecule has 1 aromatic carbocycles. The zero-order valence-corrected chi connectivity index (χ0v) is 14.8. The van der Waals surface area contributed by atoms with Crippen LogP contribution in [0.15, 0.2) is 24.3 Å². The van der Waals surface area contributed by atoms with Gasteiger partial charge in [-0.3, -0.25) is 0 Å². The maximum Gasteiger partial charge on any atom is 1.00 e. The molecular weight excluding hydrogens is 295 g/mol. The van der Waals surface area contributed by atoms with Crippen molar-refractivity contribution in [1.82, 2.24) is 0 Å². The van der Waals surface area contributed by atoms with E-state index in [1.54, 1.807) is 0 Å². The van der Waals surface area contributed by atoms with E-state index in [0.29, 0.717) is 18.5 Å². The monoisotopic (exact) mass is 312 g/mol. The Balaban J connectivity index is 0.00000200. The minimum absolute atomic E-state index is 0. The van der Waals surface area contributed by atoms with Gasteiger partial charge < -0.3 is 22.4 Å². The van der Waals surface area contributed by atoms with E-state index in [2.05, 4.69) is 0 Å². The summed E-state index contributed by atoms with van der Waals surface area (Å²) in [6.07, 6.45) is 4.35. The third-order valence-electron chi connectivity index (χ3n) is 3.22. The largest absolute Gasteiger partial charge is 1.00 e. The predicted octanol–water partition coefficient (Wildman–Crippen LogP) is 0.0830. The first kappa shape index (κ1) is 18.5. The number of ether oxygens (including phenoxy) is 2. The number of hydrogen-bond acceptors (Lipinski definition) is 2. The van der Waals surface area contributed by atoms with Gasteiger partial charge >= 0.3 is 58.4 Å². The minimum atomic E-state index is -4.92. The van der Waals surface area contributed by atoms with Gasteiger partial charge in [0.1, 0.15) is 5.75 Å². The van der Waals surface area contributed by atoms with Crippen molar-refractivity contribution in [2.45, 2.75) is 31.8 Å². The van der Waals surface area contributed by atoms with Crippen LogP contribution in [0.1, 0.15) is 25.7 Å². The van der Waals surface area contributed by atoms with Gasteiger partial charge in [0.2, 0.25) is 0 Å². The Kier molecular flexibility index (Phi) is 8.15. The van der Waals surface area contributed by atoms with E-state index < -0.39 is 12.4 Å². The summed E-state index contributed by atoms with van der Waals surface area (Å²) in [5.41, 5.74) is -0.591. The van der Waals surface area contributed by atoms with Crippen LogP contribution in [0.5, 0.6) is 5.75 Å². The molecule has 0 aliphatic carbocycles. The maximum atomic E-state index is 12.4. The molecule has 0 aromatic heterocycles. The molecule has 0 bridgehead atoms. The third-order valence-corrected chi connectivity index (χ3v) is 3.22. The van der Waals surface area contributed by atoms with Crippen LogP contribution in [0.4, 0.5) is 12.9 Å². The maximum absolute atomic E-state index is 12.4. The fourth-order valence-corrected chi connectivity index (χ4v) is 2.16. The predicted molar refractivity (Wildman–Crippen MR) is 68.9 cm³/mol.